The topological polar surface area (TPSA) is 9.72 Å². The van der Waals surface area contributed by atoms with Crippen LogP contribution >= 0.6 is 0 Å². The van der Waals surface area contributed by atoms with E-state index < -0.39 is 0 Å². The molecule has 0 unspecified atom stereocenters. The maximum atomic E-state index is 4.16. The van der Waals surface area contributed by atoms with Gasteiger partial charge < -0.3 is 14.7 Å². The number of hydrogen-bond donors (Lipinski definition) is 0. The van der Waals surface area contributed by atoms with E-state index >= 15 is 0 Å². The van der Waals surface area contributed by atoms with Gasteiger partial charge in [-0.25, -0.2) is 0 Å². The molecule has 0 aromatic rings. The van der Waals surface area contributed by atoms with Crippen molar-refractivity contribution in [1.29, 1.82) is 0 Å². The van der Waals surface area contributed by atoms with E-state index in [9.17, 15) is 0 Å². The molecule has 1 aliphatic heterocycles. The fourth-order valence-corrected chi connectivity index (χ4v) is 1.59. The molecule has 14 heavy (non-hydrogen) atoms. The minimum absolute atomic E-state index is 0.530. The van der Waals surface area contributed by atoms with E-state index in [0.29, 0.717) is 6.04 Å². The van der Waals surface area contributed by atoms with Gasteiger partial charge in [0.05, 0.1) is 5.82 Å². The van der Waals surface area contributed by atoms with Crippen molar-refractivity contribution in [3.8, 4) is 0 Å². The summed E-state index contributed by atoms with van der Waals surface area (Å²) >= 11 is 0. The predicted octanol–water partition coefficient (Wildman–Crippen LogP) is 1.05. The summed E-state index contributed by atoms with van der Waals surface area (Å²) in [6.45, 7) is 13.0. The summed E-state index contributed by atoms with van der Waals surface area (Å²) in [4.78, 5) is 6.98. The van der Waals surface area contributed by atoms with Crippen molar-refractivity contribution >= 4 is 0 Å². The van der Waals surface area contributed by atoms with Gasteiger partial charge in [-0.1, -0.05) is 6.58 Å². The van der Waals surface area contributed by atoms with Gasteiger partial charge in [0.25, 0.3) is 0 Å². The Kier molecular flexibility index (Phi) is 3.81. The largest absolute Gasteiger partial charge is 0.359 e. The predicted molar refractivity (Wildman–Crippen MR) is 61.1 cm³/mol. The van der Waals surface area contributed by atoms with Crippen LogP contribution in [-0.2, 0) is 0 Å². The Morgan fingerprint density at radius 1 is 1.21 bits per heavy atom. The van der Waals surface area contributed by atoms with Gasteiger partial charge in [0, 0.05) is 39.3 Å². The summed E-state index contributed by atoms with van der Waals surface area (Å²) in [6.07, 6.45) is 0. The van der Waals surface area contributed by atoms with Gasteiger partial charge in [0.1, 0.15) is 0 Å². The SMILES string of the molecule is C=C(N1CCN(C)CC1)N(C)C(C)C. The van der Waals surface area contributed by atoms with E-state index in [4.69, 9.17) is 0 Å². The molecule has 3 heteroatoms. The van der Waals surface area contributed by atoms with Gasteiger partial charge in [0.2, 0.25) is 0 Å². The fraction of sp³-hybridized carbons (Fsp3) is 0.818. The molecule has 0 atom stereocenters. The highest BCUT2D eigenvalue weighted by molar-refractivity contribution is 4.95. The van der Waals surface area contributed by atoms with E-state index in [1.54, 1.807) is 0 Å². The van der Waals surface area contributed by atoms with Crippen molar-refractivity contribution in [3.05, 3.63) is 12.4 Å². The van der Waals surface area contributed by atoms with Crippen LogP contribution in [0.15, 0.2) is 12.4 Å². The van der Waals surface area contributed by atoms with Crippen LogP contribution in [-0.4, -0.2) is 61.0 Å². The molecule has 1 rings (SSSR count). The Morgan fingerprint density at radius 2 is 1.71 bits per heavy atom. The molecule has 0 radical (unpaired) electrons. The molecule has 0 amide bonds. The van der Waals surface area contributed by atoms with Crippen molar-refractivity contribution in [3.63, 3.8) is 0 Å². The molecule has 0 saturated carbocycles. The summed E-state index contributed by atoms with van der Waals surface area (Å²) in [7, 11) is 4.29. The van der Waals surface area contributed by atoms with Crippen LogP contribution in [0.1, 0.15) is 13.8 Å². The van der Waals surface area contributed by atoms with Gasteiger partial charge in [0.15, 0.2) is 0 Å². The number of hydrogen-bond acceptors (Lipinski definition) is 3. The third-order valence-electron chi connectivity index (χ3n) is 3.05. The van der Waals surface area contributed by atoms with Crippen LogP contribution in [0.2, 0.25) is 0 Å². The number of nitrogens with zero attached hydrogens (tertiary/aromatic N) is 3. The Balaban J connectivity index is 2.45. The van der Waals surface area contributed by atoms with Crippen molar-refractivity contribution in [1.82, 2.24) is 14.7 Å². The maximum Gasteiger partial charge on any atom is 0.0965 e. The lowest BCUT2D eigenvalue weighted by atomic mass is 10.3. The average Bonchev–Trinajstić information content (AvgIpc) is 2.16. The second kappa shape index (κ2) is 4.69. The zero-order valence-corrected chi connectivity index (χ0v) is 9.95. The lowest BCUT2D eigenvalue weighted by Crippen LogP contribution is -2.47. The van der Waals surface area contributed by atoms with Crippen molar-refractivity contribution in [2.75, 3.05) is 40.3 Å². The Hall–Kier alpha value is -0.700. The van der Waals surface area contributed by atoms with E-state index in [1.165, 1.54) is 0 Å². The Labute approximate surface area is 88.0 Å². The van der Waals surface area contributed by atoms with Crippen LogP contribution in [0.4, 0.5) is 0 Å². The minimum atomic E-state index is 0.530. The molecule has 0 N–H and O–H groups in total. The second-order valence-electron chi connectivity index (χ2n) is 4.41. The number of likely N-dealkylation sites (N-methyl/N-ethyl adjacent to an activating group) is 1. The van der Waals surface area contributed by atoms with Crippen LogP contribution in [0.25, 0.3) is 0 Å². The molecule has 1 saturated heterocycles. The van der Waals surface area contributed by atoms with E-state index in [-0.39, 0.29) is 0 Å². The van der Waals surface area contributed by atoms with Gasteiger partial charge in [-0.05, 0) is 20.9 Å². The molecular formula is C11H23N3. The van der Waals surface area contributed by atoms with Crippen LogP contribution in [0.5, 0.6) is 0 Å². The first-order chi connectivity index (χ1) is 6.52. The first-order valence-corrected chi connectivity index (χ1v) is 5.37. The third kappa shape index (κ3) is 2.64. The molecule has 0 bridgehead atoms. The monoisotopic (exact) mass is 197 g/mol. The molecule has 0 aromatic heterocycles. The molecule has 3 nitrogen and oxygen atoms in total. The van der Waals surface area contributed by atoms with Gasteiger partial charge in [-0.3, -0.25) is 0 Å². The minimum Gasteiger partial charge on any atom is -0.359 e. The van der Waals surface area contributed by atoms with Crippen molar-refractivity contribution in [2.45, 2.75) is 19.9 Å². The normalized spacial score (nSPS) is 18.8. The smallest absolute Gasteiger partial charge is 0.0965 e. The first kappa shape index (κ1) is 11.4. The van der Waals surface area contributed by atoms with Gasteiger partial charge in [-0.15, -0.1) is 0 Å². The van der Waals surface area contributed by atoms with E-state index in [2.05, 4.69) is 49.2 Å². The highest BCUT2D eigenvalue weighted by atomic mass is 15.4. The Morgan fingerprint density at radius 3 is 2.14 bits per heavy atom. The summed E-state index contributed by atoms with van der Waals surface area (Å²) in [5.74, 6) is 1.16. The lowest BCUT2D eigenvalue weighted by Gasteiger charge is -2.39. The highest BCUT2D eigenvalue weighted by Crippen LogP contribution is 2.12. The first-order valence-electron chi connectivity index (χ1n) is 5.37. The van der Waals surface area contributed by atoms with Crippen LogP contribution < -0.4 is 0 Å². The fourth-order valence-electron chi connectivity index (χ4n) is 1.59. The van der Waals surface area contributed by atoms with Gasteiger partial charge in [-0.2, -0.15) is 0 Å². The summed E-state index contributed by atoms with van der Waals surface area (Å²) in [6, 6.07) is 0.530. The maximum absolute atomic E-state index is 4.16. The number of piperazine rings is 1. The molecule has 0 aromatic carbocycles. The van der Waals surface area contributed by atoms with E-state index in [0.717, 1.165) is 32.0 Å². The number of rotatable bonds is 3. The second-order valence-corrected chi connectivity index (χ2v) is 4.41. The quantitative estimate of drug-likeness (QED) is 0.669. The van der Waals surface area contributed by atoms with Crippen molar-refractivity contribution in [2.24, 2.45) is 0 Å². The van der Waals surface area contributed by atoms with Crippen LogP contribution in [0.3, 0.4) is 0 Å². The van der Waals surface area contributed by atoms with Crippen molar-refractivity contribution < 1.29 is 0 Å². The zero-order valence-electron chi connectivity index (χ0n) is 9.95. The summed E-state index contributed by atoms with van der Waals surface area (Å²) in [5, 5.41) is 0. The molecule has 1 heterocycles. The molecular weight excluding hydrogens is 174 g/mol. The molecule has 0 aliphatic carbocycles. The lowest BCUT2D eigenvalue weighted by molar-refractivity contribution is 0.139. The van der Waals surface area contributed by atoms with Crippen LogP contribution in [0, 0.1) is 0 Å². The standard InChI is InChI=1S/C11H23N3/c1-10(2)13(5)11(3)14-8-6-12(4)7-9-14/h10H,3,6-9H2,1-2,4-5H3. The van der Waals surface area contributed by atoms with E-state index in [1.807, 2.05) is 0 Å². The molecule has 1 aliphatic rings. The average molecular weight is 197 g/mol. The third-order valence-corrected chi connectivity index (χ3v) is 3.05. The summed E-state index contributed by atoms with van der Waals surface area (Å²) in [5.41, 5.74) is 0. The zero-order chi connectivity index (χ0) is 10.7. The molecule has 0 spiro atoms. The summed E-state index contributed by atoms with van der Waals surface area (Å²) < 4.78 is 0. The molecule has 82 valence electrons. The Bertz CT molecular complexity index is 193. The molecule has 1 fully saturated rings. The van der Waals surface area contributed by atoms with Gasteiger partial charge >= 0.3 is 0 Å². The highest BCUT2D eigenvalue weighted by Gasteiger charge is 2.18.